The summed E-state index contributed by atoms with van der Waals surface area (Å²) in [4.78, 5) is 4.08. The molecule has 2 rings (SSSR count). The van der Waals surface area contributed by atoms with E-state index in [1.165, 1.54) is 18.3 Å². The van der Waals surface area contributed by atoms with E-state index in [0.29, 0.717) is 17.7 Å². The highest BCUT2D eigenvalue weighted by molar-refractivity contribution is 5.65. The summed E-state index contributed by atoms with van der Waals surface area (Å²) in [5.74, 6) is -1.08. The fraction of sp³-hybridized carbons (Fsp3) is 0.312. The normalized spacial score (nSPS) is 10.8. The Hall–Kier alpha value is -1.81. The lowest BCUT2D eigenvalue weighted by molar-refractivity contribution is 0.583. The van der Waals surface area contributed by atoms with Crippen LogP contribution in [-0.4, -0.2) is 11.5 Å². The maximum Gasteiger partial charge on any atom is 0.136 e. The van der Waals surface area contributed by atoms with Gasteiger partial charge in [-0.25, -0.2) is 8.78 Å². The maximum atomic E-state index is 14.1. The number of nitrogens with zero attached hydrogens (tertiary/aromatic N) is 1. The summed E-state index contributed by atoms with van der Waals surface area (Å²) in [6.07, 6.45) is 4.23. The summed E-state index contributed by atoms with van der Waals surface area (Å²) >= 11 is 0. The van der Waals surface area contributed by atoms with Crippen LogP contribution in [-0.2, 0) is 6.54 Å². The summed E-state index contributed by atoms with van der Waals surface area (Å²) in [5, 5.41) is 3.24. The Balaban J connectivity index is 2.34. The lowest BCUT2D eigenvalue weighted by Crippen LogP contribution is -2.13. The van der Waals surface area contributed by atoms with E-state index < -0.39 is 11.6 Å². The Morgan fingerprint density at radius 2 is 2.00 bits per heavy atom. The molecule has 0 aliphatic heterocycles. The van der Waals surface area contributed by atoms with Gasteiger partial charge >= 0.3 is 0 Å². The fourth-order valence-corrected chi connectivity index (χ4v) is 2.05. The molecule has 0 spiro atoms. The third-order valence-corrected chi connectivity index (χ3v) is 3.12. The van der Waals surface area contributed by atoms with Gasteiger partial charge in [-0.05, 0) is 43.1 Å². The second-order valence-electron chi connectivity index (χ2n) is 4.81. The second kappa shape index (κ2) is 6.57. The van der Waals surface area contributed by atoms with Gasteiger partial charge in [-0.1, -0.05) is 13.0 Å². The zero-order chi connectivity index (χ0) is 14.5. The van der Waals surface area contributed by atoms with Gasteiger partial charge in [-0.3, -0.25) is 4.98 Å². The summed E-state index contributed by atoms with van der Waals surface area (Å²) < 4.78 is 28.0. The van der Waals surface area contributed by atoms with Crippen LogP contribution in [0.2, 0.25) is 0 Å². The van der Waals surface area contributed by atoms with Crippen molar-refractivity contribution in [3.8, 4) is 11.1 Å². The van der Waals surface area contributed by atoms with Gasteiger partial charge in [0.1, 0.15) is 11.6 Å². The van der Waals surface area contributed by atoms with Crippen molar-refractivity contribution in [2.45, 2.75) is 26.8 Å². The summed E-state index contributed by atoms with van der Waals surface area (Å²) in [6, 6.07) is 4.50. The standard InChI is InChI=1S/C16H18F2N2/c1-3-6-19-8-12-7-13(10-20-9-12)15-14(17)5-4-11(2)16(15)18/h4-5,7,9-10,19H,3,6,8H2,1-2H3. The van der Waals surface area contributed by atoms with Crippen molar-refractivity contribution in [2.75, 3.05) is 6.54 Å². The van der Waals surface area contributed by atoms with Crippen LogP contribution in [0.5, 0.6) is 0 Å². The van der Waals surface area contributed by atoms with Crippen molar-refractivity contribution in [3.63, 3.8) is 0 Å². The average molecular weight is 276 g/mol. The highest BCUT2D eigenvalue weighted by Gasteiger charge is 2.14. The molecule has 0 saturated carbocycles. The Kier molecular flexibility index (Phi) is 4.79. The quantitative estimate of drug-likeness (QED) is 0.839. The van der Waals surface area contributed by atoms with Crippen molar-refractivity contribution in [2.24, 2.45) is 0 Å². The van der Waals surface area contributed by atoms with E-state index in [9.17, 15) is 8.78 Å². The van der Waals surface area contributed by atoms with Crippen LogP contribution >= 0.6 is 0 Å². The van der Waals surface area contributed by atoms with Crippen molar-refractivity contribution >= 4 is 0 Å². The first-order valence-electron chi connectivity index (χ1n) is 6.73. The molecule has 1 heterocycles. The molecule has 0 unspecified atom stereocenters. The predicted molar refractivity (Wildman–Crippen MR) is 76.3 cm³/mol. The third kappa shape index (κ3) is 3.20. The minimum absolute atomic E-state index is 0.00478. The smallest absolute Gasteiger partial charge is 0.136 e. The highest BCUT2D eigenvalue weighted by atomic mass is 19.1. The molecule has 0 fully saturated rings. The van der Waals surface area contributed by atoms with Crippen molar-refractivity contribution in [1.29, 1.82) is 0 Å². The zero-order valence-corrected chi connectivity index (χ0v) is 11.7. The van der Waals surface area contributed by atoms with Gasteiger partial charge in [0, 0.05) is 24.5 Å². The van der Waals surface area contributed by atoms with Gasteiger partial charge in [-0.2, -0.15) is 0 Å². The van der Waals surface area contributed by atoms with E-state index in [0.717, 1.165) is 18.5 Å². The topological polar surface area (TPSA) is 24.9 Å². The van der Waals surface area contributed by atoms with Crippen molar-refractivity contribution < 1.29 is 8.78 Å². The lowest BCUT2D eigenvalue weighted by atomic mass is 10.0. The monoisotopic (exact) mass is 276 g/mol. The molecular formula is C16H18F2N2. The number of nitrogens with one attached hydrogen (secondary N) is 1. The van der Waals surface area contributed by atoms with Crippen molar-refractivity contribution in [1.82, 2.24) is 10.3 Å². The predicted octanol–water partition coefficient (Wildman–Crippen LogP) is 3.83. The zero-order valence-electron chi connectivity index (χ0n) is 11.7. The first-order valence-corrected chi connectivity index (χ1v) is 6.73. The molecule has 0 saturated heterocycles. The summed E-state index contributed by atoms with van der Waals surface area (Å²) in [7, 11) is 0. The molecule has 0 amide bonds. The second-order valence-corrected chi connectivity index (χ2v) is 4.81. The Morgan fingerprint density at radius 1 is 1.20 bits per heavy atom. The van der Waals surface area contributed by atoms with Crippen LogP contribution in [0.25, 0.3) is 11.1 Å². The molecule has 1 N–H and O–H groups in total. The van der Waals surface area contributed by atoms with Gasteiger partial charge in [0.15, 0.2) is 0 Å². The number of pyridine rings is 1. The molecule has 0 aliphatic carbocycles. The molecule has 1 aromatic carbocycles. The molecule has 0 aliphatic rings. The van der Waals surface area contributed by atoms with E-state index in [1.807, 2.05) is 0 Å². The maximum absolute atomic E-state index is 14.1. The molecule has 0 bridgehead atoms. The van der Waals surface area contributed by atoms with Gasteiger partial charge in [0.05, 0.1) is 5.56 Å². The van der Waals surface area contributed by atoms with Crippen LogP contribution in [0, 0.1) is 18.6 Å². The number of aromatic nitrogens is 1. The molecule has 20 heavy (non-hydrogen) atoms. The van der Waals surface area contributed by atoms with Crippen LogP contribution < -0.4 is 5.32 Å². The van der Waals surface area contributed by atoms with E-state index in [2.05, 4.69) is 17.2 Å². The molecule has 0 radical (unpaired) electrons. The Labute approximate surface area is 117 Å². The van der Waals surface area contributed by atoms with Gasteiger partial charge < -0.3 is 5.32 Å². The number of halogens is 2. The third-order valence-electron chi connectivity index (χ3n) is 3.12. The van der Waals surface area contributed by atoms with E-state index in [4.69, 9.17) is 0 Å². The Morgan fingerprint density at radius 3 is 2.75 bits per heavy atom. The first kappa shape index (κ1) is 14.6. The number of hydrogen-bond acceptors (Lipinski definition) is 2. The summed E-state index contributed by atoms with van der Waals surface area (Å²) in [5.41, 5.74) is 1.81. The van der Waals surface area contributed by atoms with Gasteiger partial charge in [-0.15, -0.1) is 0 Å². The van der Waals surface area contributed by atoms with Crippen LogP contribution in [0.15, 0.2) is 30.6 Å². The first-order chi connectivity index (χ1) is 9.63. The largest absolute Gasteiger partial charge is 0.313 e. The van der Waals surface area contributed by atoms with Gasteiger partial charge in [0.2, 0.25) is 0 Å². The van der Waals surface area contributed by atoms with Crippen LogP contribution in [0.3, 0.4) is 0 Å². The number of rotatable bonds is 5. The van der Waals surface area contributed by atoms with E-state index in [1.54, 1.807) is 19.2 Å². The molecule has 2 nitrogen and oxygen atoms in total. The van der Waals surface area contributed by atoms with Crippen LogP contribution in [0.1, 0.15) is 24.5 Å². The summed E-state index contributed by atoms with van der Waals surface area (Å²) in [6.45, 7) is 5.25. The average Bonchev–Trinajstić information content (AvgIpc) is 2.44. The van der Waals surface area contributed by atoms with Gasteiger partial charge in [0.25, 0.3) is 0 Å². The highest BCUT2D eigenvalue weighted by Crippen LogP contribution is 2.27. The lowest BCUT2D eigenvalue weighted by Gasteiger charge is -2.09. The molecule has 4 heteroatoms. The van der Waals surface area contributed by atoms with E-state index >= 15 is 0 Å². The van der Waals surface area contributed by atoms with E-state index in [-0.39, 0.29) is 5.56 Å². The molecule has 0 atom stereocenters. The number of aryl methyl sites for hydroxylation is 1. The molecular weight excluding hydrogens is 258 g/mol. The SMILES string of the molecule is CCCNCc1cncc(-c2c(F)ccc(C)c2F)c1. The van der Waals surface area contributed by atoms with Crippen LogP contribution in [0.4, 0.5) is 8.78 Å². The molecule has 2 aromatic rings. The Bertz CT molecular complexity index is 597. The fourth-order valence-electron chi connectivity index (χ4n) is 2.05. The number of benzene rings is 1. The van der Waals surface area contributed by atoms with Crippen molar-refractivity contribution in [3.05, 3.63) is 53.4 Å². The minimum atomic E-state index is -0.562. The number of hydrogen-bond donors (Lipinski definition) is 1. The molecule has 106 valence electrons. The minimum Gasteiger partial charge on any atom is -0.313 e. The molecule has 1 aromatic heterocycles.